The highest BCUT2D eigenvalue weighted by molar-refractivity contribution is 8.00. The number of carbonyl (C=O) groups is 3. The molecule has 2 amide bonds. The van der Waals surface area contributed by atoms with Crippen molar-refractivity contribution in [2.75, 3.05) is 18.9 Å². The highest BCUT2D eigenvalue weighted by Gasteiger charge is 2.43. The molecule has 0 radical (unpaired) electrons. The van der Waals surface area contributed by atoms with Crippen molar-refractivity contribution in [3.8, 4) is 11.1 Å². The van der Waals surface area contributed by atoms with Crippen molar-refractivity contribution in [1.29, 1.82) is 0 Å². The number of carboxylic acid groups (broad SMARTS) is 1. The molecule has 2 aromatic rings. The van der Waals surface area contributed by atoms with Crippen LogP contribution in [-0.2, 0) is 14.3 Å². The number of alkyl carbamates (subject to hydrolysis) is 1. The first-order chi connectivity index (χ1) is 16.9. The molecule has 3 aliphatic rings. The van der Waals surface area contributed by atoms with Crippen molar-refractivity contribution in [2.45, 2.75) is 43.5 Å². The molecule has 3 atom stereocenters. The number of thioether (sulfide) groups is 1. The summed E-state index contributed by atoms with van der Waals surface area (Å²) in [6.45, 7) is 2.22. The molecule has 1 aliphatic heterocycles. The lowest BCUT2D eigenvalue weighted by Crippen LogP contribution is -2.49. The van der Waals surface area contributed by atoms with Crippen molar-refractivity contribution in [1.82, 2.24) is 10.2 Å². The number of nitrogens with one attached hydrogen (secondary N) is 1. The zero-order valence-electron chi connectivity index (χ0n) is 19.7. The Morgan fingerprint density at radius 2 is 1.71 bits per heavy atom. The van der Waals surface area contributed by atoms with Crippen LogP contribution in [0.15, 0.2) is 48.5 Å². The Bertz CT molecular complexity index is 1090. The highest BCUT2D eigenvalue weighted by Crippen LogP contribution is 2.44. The Morgan fingerprint density at radius 3 is 2.31 bits per heavy atom. The van der Waals surface area contributed by atoms with E-state index in [-0.39, 0.29) is 30.4 Å². The number of hydrogen-bond donors (Lipinski definition) is 2. The van der Waals surface area contributed by atoms with Crippen LogP contribution in [0.4, 0.5) is 4.79 Å². The molecule has 5 rings (SSSR count). The van der Waals surface area contributed by atoms with Gasteiger partial charge in [0.1, 0.15) is 12.6 Å². The molecule has 2 fully saturated rings. The summed E-state index contributed by atoms with van der Waals surface area (Å²) in [6.07, 6.45) is 2.24. The summed E-state index contributed by atoms with van der Waals surface area (Å²) in [5, 5.41) is 12.2. The molecule has 0 spiro atoms. The van der Waals surface area contributed by atoms with Gasteiger partial charge in [-0.3, -0.25) is 4.79 Å². The second-order valence-electron chi connectivity index (χ2n) is 9.61. The summed E-state index contributed by atoms with van der Waals surface area (Å²) in [4.78, 5) is 39.2. The zero-order chi connectivity index (χ0) is 24.5. The molecule has 8 heteroatoms. The number of nitrogens with zero attached hydrogens (tertiary/aromatic N) is 1. The lowest BCUT2D eigenvalue weighted by atomic mass is 9.98. The predicted molar refractivity (Wildman–Crippen MR) is 134 cm³/mol. The van der Waals surface area contributed by atoms with E-state index in [1.54, 1.807) is 0 Å². The number of fused-ring (bicyclic) bond motifs is 3. The fourth-order valence-corrected chi connectivity index (χ4v) is 6.44. The smallest absolute Gasteiger partial charge is 0.407 e. The minimum Gasteiger partial charge on any atom is -0.480 e. The maximum absolute atomic E-state index is 13.3. The zero-order valence-corrected chi connectivity index (χ0v) is 20.5. The van der Waals surface area contributed by atoms with Gasteiger partial charge in [-0.25, -0.2) is 9.59 Å². The molecule has 3 unspecified atom stereocenters. The fraction of sp³-hybridized carbons (Fsp3) is 0.444. The van der Waals surface area contributed by atoms with E-state index in [4.69, 9.17) is 4.74 Å². The third-order valence-electron chi connectivity index (χ3n) is 7.26. The fourth-order valence-electron chi connectivity index (χ4n) is 5.26. The van der Waals surface area contributed by atoms with Gasteiger partial charge in [0, 0.05) is 18.2 Å². The molecule has 0 bridgehead atoms. The van der Waals surface area contributed by atoms with E-state index in [9.17, 15) is 19.5 Å². The van der Waals surface area contributed by atoms with Crippen molar-refractivity contribution in [3.05, 3.63) is 59.7 Å². The third kappa shape index (κ3) is 4.89. The molecule has 1 saturated carbocycles. The van der Waals surface area contributed by atoms with E-state index in [0.29, 0.717) is 18.1 Å². The van der Waals surface area contributed by atoms with Gasteiger partial charge in [-0.2, -0.15) is 0 Å². The largest absolute Gasteiger partial charge is 0.480 e. The number of ether oxygens (including phenoxy) is 1. The number of carboxylic acids is 1. The standard InChI is InChI=1S/C27H30N2O5S/c1-16-29(24(15-35-16)26(31)32)25(30)18(12-17-10-11-17)13-28-27(33)34-14-23-21-8-4-2-6-19(21)20-7-3-5-9-22(20)23/h2-9,16-18,23-24H,10-15H2,1H3,(H,28,33)(H,31,32). The Labute approximate surface area is 209 Å². The van der Waals surface area contributed by atoms with Crippen molar-refractivity contribution >= 4 is 29.7 Å². The first-order valence-corrected chi connectivity index (χ1v) is 13.2. The van der Waals surface area contributed by atoms with Crippen molar-refractivity contribution < 1.29 is 24.2 Å². The normalized spacial score (nSPS) is 21.8. The topological polar surface area (TPSA) is 95.9 Å². The van der Waals surface area contributed by atoms with E-state index < -0.39 is 24.0 Å². The van der Waals surface area contributed by atoms with Crippen LogP contribution in [0.25, 0.3) is 11.1 Å². The van der Waals surface area contributed by atoms with Gasteiger partial charge in [0.05, 0.1) is 11.3 Å². The summed E-state index contributed by atoms with van der Waals surface area (Å²) in [6, 6.07) is 15.5. The van der Waals surface area contributed by atoms with Crippen LogP contribution in [0.3, 0.4) is 0 Å². The SMILES string of the molecule is CC1SCC(C(=O)O)N1C(=O)C(CNC(=O)OCC1c2ccccc2-c2ccccc21)CC1CC1. The summed E-state index contributed by atoms with van der Waals surface area (Å²) >= 11 is 1.47. The highest BCUT2D eigenvalue weighted by atomic mass is 32.2. The number of benzene rings is 2. The molecule has 184 valence electrons. The average Bonchev–Trinajstić information content (AvgIpc) is 3.51. The van der Waals surface area contributed by atoms with Crippen LogP contribution in [0.5, 0.6) is 0 Å². The molecule has 2 aromatic carbocycles. The van der Waals surface area contributed by atoms with Gasteiger partial charge in [-0.1, -0.05) is 61.4 Å². The van der Waals surface area contributed by atoms with E-state index >= 15 is 0 Å². The van der Waals surface area contributed by atoms with Gasteiger partial charge in [0.2, 0.25) is 5.91 Å². The van der Waals surface area contributed by atoms with Crippen molar-refractivity contribution in [3.63, 3.8) is 0 Å². The summed E-state index contributed by atoms with van der Waals surface area (Å²) in [5.41, 5.74) is 4.61. The van der Waals surface area contributed by atoms with Gasteiger partial charge < -0.3 is 20.1 Å². The van der Waals surface area contributed by atoms with E-state index in [1.807, 2.05) is 31.2 Å². The van der Waals surface area contributed by atoms with Gasteiger partial charge >= 0.3 is 12.1 Å². The summed E-state index contributed by atoms with van der Waals surface area (Å²) < 4.78 is 5.62. The third-order valence-corrected chi connectivity index (χ3v) is 8.48. The van der Waals surface area contributed by atoms with Crippen LogP contribution in [0.1, 0.15) is 43.2 Å². The van der Waals surface area contributed by atoms with E-state index in [1.165, 1.54) is 16.7 Å². The molecule has 0 aromatic heterocycles. The van der Waals surface area contributed by atoms with Crippen LogP contribution in [0.2, 0.25) is 0 Å². The van der Waals surface area contributed by atoms with E-state index in [0.717, 1.165) is 35.1 Å². The number of hydrogen-bond acceptors (Lipinski definition) is 5. The van der Waals surface area contributed by atoms with Crippen LogP contribution >= 0.6 is 11.8 Å². The molecule has 2 N–H and O–H groups in total. The molecule has 2 aliphatic carbocycles. The predicted octanol–water partition coefficient (Wildman–Crippen LogP) is 4.32. The number of rotatable bonds is 8. The Hall–Kier alpha value is -3.00. The maximum Gasteiger partial charge on any atom is 0.407 e. The molecule has 1 heterocycles. The van der Waals surface area contributed by atoms with Gasteiger partial charge in [0.15, 0.2) is 0 Å². The first-order valence-electron chi connectivity index (χ1n) is 12.2. The molecular formula is C27H30N2O5S. The van der Waals surface area contributed by atoms with Crippen LogP contribution < -0.4 is 5.32 Å². The van der Waals surface area contributed by atoms with Crippen LogP contribution in [0, 0.1) is 11.8 Å². The number of carbonyl (C=O) groups excluding carboxylic acids is 2. The molecular weight excluding hydrogens is 464 g/mol. The summed E-state index contributed by atoms with van der Waals surface area (Å²) in [5.74, 6) is -0.812. The lowest BCUT2D eigenvalue weighted by Gasteiger charge is -2.29. The minimum atomic E-state index is -0.982. The Balaban J connectivity index is 1.22. The second-order valence-corrected chi connectivity index (χ2v) is 11.0. The maximum atomic E-state index is 13.3. The van der Waals surface area contributed by atoms with E-state index in [2.05, 4.69) is 29.6 Å². The number of aliphatic carboxylic acids is 1. The molecule has 35 heavy (non-hydrogen) atoms. The van der Waals surface area contributed by atoms with Gasteiger partial charge in [-0.15, -0.1) is 11.8 Å². The summed E-state index contributed by atoms with van der Waals surface area (Å²) in [7, 11) is 0. The molecule has 7 nitrogen and oxygen atoms in total. The van der Waals surface area contributed by atoms with Gasteiger partial charge in [0.25, 0.3) is 0 Å². The monoisotopic (exact) mass is 494 g/mol. The lowest BCUT2D eigenvalue weighted by molar-refractivity contribution is -0.150. The average molecular weight is 495 g/mol. The van der Waals surface area contributed by atoms with Crippen LogP contribution in [-0.4, -0.2) is 58.3 Å². The second kappa shape index (κ2) is 9.93. The Morgan fingerprint density at radius 1 is 1.09 bits per heavy atom. The van der Waals surface area contributed by atoms with Gasteiger partial charge in [-0.05, 0) is 41.5 Å². The first kappa shape index (κ1) is 23.7. The Kier molecular flexibility index (Phi) is 6.73. The molecule has 1 saturated heterocycles. The number of amides is 2. The quantitative estimate of drug-likeness (QED) is 0.568. The van der Waals surface area contributed by atoms with Crippen molar-refractivity contribution in [2.24, 2.45) is 11.8 Å². The minimum absolute atomic E-state index is 0.0316.